The molecule has 0 aromatic heterocycles. The first-order valence-electron chi connectivity index (χ1n) is 19.0. The molecule has 14 nitrogen and oxygen atoms in total. The fraction of sp³-hybridized carbons (Fsp3) is 0.895. The lowest BCUT2D eigenvalue weighted by molar-refractivity contribution is -0.301. The van der Waals surface area contributed by atoms with Gasteiger partial charge in [-0.25, -0.2) is 4.79 Å². The number of rotatable bonds is 8. The summed E-state index contributed by atoms with van der Waals surface area (Å²) in [7, 11) is 7.31. The first-order valence-corrected chi connectivity index (χ1v) is 19.0. The van der Waals surface area contributed by atoms with E-state index in [0.717, 1.165) is 13.1 Å². The van der Waals surface area contributed by atoms with Crippen LogP contribution in [0.5, 0.6) is 0 Å². The third-order valence-electron chi connectivity index (χ3n) is 12.2. The Hall–Kier alpha value is -2.36. The van der Waals surface area contributed by atoms with Crippen LogP contribution in [0.3, 0.4) is 0 Å². The van der Waals surface area contributed by atoms with Crippen LogP contribution in [-0.2, 0) is 42.8 Å². The van der Waals surface area contributed by atoms with E-state index in [2.05, 4.69) is 4.90 Å². The lowest BCUT2D eigenvalue weighted by atomic mass is 9.73. The van der Waals surface area contributed by atoms with Crippen molar-refractivity contribution in [3.8, 4) is 0 Å². The van der Waals surface area contributed by atoms with Crippen molar-refractivity contribution in [1.82, 2.24) is 14.7 Å². The van der Waals surface area contributed by atoms with Gasteiger partial charge >= 0.3 is 18.0 Å². The van der Waals surface area contributed by atoms with Gasteiger partial charge in [0.1, 0.15) is 24.1 Å². The summed E-state index contributed by atoms with van der Waals surface area (Å²) in [5.41, 5.74) is -2.56. The molecule has 1 N–H and O–H groups in total. The van der Waals surface area contributed by atoms with Gasteiger partial charge in [-0.15, -0.1) is 0 Å². The van der Waals surface area contributed by atoms with Crippen molar-refractivity contribution in [3.05, 3.63) is 0 Å². The molecule has 0 aliphatic carbocycles. The van der Waals surface area contributed by atoms with Crippen molar-refractivity contribution in [2.24, 2.45) is 29.6 Å². The molecule has 4 heterocycles. The molecule has 0 spiro atoms. The van der Waals surface area contributed by atoms with Crippen molar-refractivity contribution in [2.75, 3.05) is 47.9 Å². The summed E-state index contributed by atoms with van der Waals surface area (Å²) in [6.07, 6.45) is -4.78. The number of carbonyl (C=O) groups is 4. The van der Waals surface area contributed by atoms with Gasteiger partial charge in [0, 0.05) is 63.4 Å². The smallest absolute Gasteiger partial charge is 0.410 e. The van der Waals surface area contributed by atoms with Crippen LogP contribution in [0, 0.1) is 29.6 Å². The van der Waals surface area contributed by atoms with E-state index < -0.39 is 89.7 Å². The minimum atomic E-state index is -1.34. The monoisotopic (exact) mass is 739 g/mol. The molecule has 0 saturated carbocycles. The van der Waals surface area contributed by atoms with Gasteiger partial charge in [0.15, 0.2) is 11.9 Å². The molecule has 14 heteroatoms. The number of hydrogen-bond acceptors (Lipinski definition) is 13. The minimum Gasteiger partial charge on any atom is -0.461 e. The molecule has 4 aliphatic rings. The molecule has 4 saturated heterocycles. The Bertz CT molecular complexity index is 1290. The number of carbonyl (C=O) groups excluding carboxylic acids is 4. The number of likely N-dealkylation sites (tertiary alicyclic amines) is 1. The average molecular weight is 740 g/mol. The first kappa shape index (κ1) is 42.4. The minimum absolute atomic E-state index is 0.113. The summed E-state index contributed by atoms with van der Waals surface area (Å²) >= 11 is 0. The Morgan fingerprint density at radius 2 is 1.69 bits per heavy atom. The van der Waals surface area contributed by atoms with Crippen LogP contribution in [0.2, 0.25) is 0 Å². The van der Waals surface area contributed by atoms with Crippen LogP contribution in [0.1, 0.15) is 81.6 Å². The fourth-order valence-corrected chi connectivity index (χ4v) is 9.43. The van der Waals surface area contributed by atoms with Crippen LogP contribution in [0.25, 0.3) is 0 Å². The number of methoxy groups -OCH3 is 1. The molecular formula is C38H65N3O11. The Balaban J connectivity index is 1.83. The number of fused-ring (bicyclic) bond motifs is 1. The molecule has 0 bridgehead atoms. The highest BCUT2D eigenvalue weighted by Gasteiger charge is 2.61. The predicted molar refractivity (Wildman–Crippen MR) is 191 cm³/mol. The molecular weight excluding hydrogens is 674 g/mol. The number of likely N-dealkylation sites (N-methyl/N-ethyl adjacent to an activating group) is 1. The van der Waals surface area contributed by atoms with Crippen LogP contribution in [0.4, 0.5) is 4.79 Å². The van der Waals surface area contributed by atoms with Gasteiger partial charge in [-0.3, -0.25) is 19.3 Å². The summed E-state index contributed by atoms with van der Waals surface area (Å²) in [5, 5.41) is 11.5. The highest BCUT2D eigenvalue weighted by atomic mass is 16.7. The Morgan fingerprint density at radius 3 is 2.23 bits per heavy atom. The Labute approximate surface area is 310 Å². The number of hydrogen-bond donors (Lipinski definition) is 1. The van der Waals surface area contributed by atoms with E-state index in [4.69, 9.17) is 28.4 Å². The summed E-state index contributed by atoms with van der Waals surface area (Å²) in [4.78, 5) is 61.0. The van der Waals surface area contributed by atoms with Crippen molar-refractivity contribution in [1.29, 1.82) is 0 Å². The van der Waals surface area contributed by atoms with E-state index in [-0.39, 0.29) is 30.3 Å². The maximum atomic E-state index is 14.6. The maximum absolute atomic E-state index is 14.6. The summed E-state index contributed by atoms with van der Waals surface area (Å²) < 4.78 is 37.5. The molecule has 0 unspecified atom stereocenters. The summed E-state index contributed by atoms with van der Waals surface area (Å²) in [5.74, 6) is -4.19. The summed E-state index contributed by atoms with van der Waals surface area (Å²) in [6.45, 7) is 17.7. The topological polar surface area (TPSA) is 154 Å². The van der Waals surface area contributed by atoms with E-state index in [1.807, 2.05) is 60.7 Å². The Morgan fingerprint density at radius 1 is 1.06 bits per heavy atom. The lowest BCUT2D eigenvalue weighted by Crippen LogP contribution is -2.61. The molecule has 4 fully saturated rings. The summed E-state index contributed by atoms with van der Waals surface area (Å²) in [6, 6.07) is -0.994. The standard InChI is InChI=1S/C38H65N3O11/c1-14-28-38(9)32(41(36(46)52-38)19-26-17-40(12)18-26)22(4)29(43)20(2)16-37(8,47-13)33(23(5)31(49-25(7)42)24(6)34(45)50-28)51-35-30(44)27(39(10)11)15-21(3)48-35/h20-24,26-28,30-33,35,44H,14-19H2,1-13H3/t20-,21-,22+,23+,24-,27+,28-,30-,31+,32-,33-,35+,37-,38-/m1/s1. The zero-order chi connectivity index (χ0) is 39.0. The van der Waals surface area contributed by atoms with Crippen molar-refractivity contribution in [3.63, 3.8) is 0 Å². The highest BCUT2D eigenvalue weighted by Crippen LogP contribution is 2.44. The Kier molecular flexibility index (Phi) is 13.5. The molecule has 1 amide bonds. The quantitative estimate of drug-likeness (QED) is 0.287. The van der Waals surface area contributed by atoms with Crippen LogP contribution in [0.15, 0.2) is 0 Å². The third-order valence-corrected chi connectivity index (χ3v) is 12.2. The van der Waals surface area contributed by atoms with Gasteiger partial charge in [0.25, 0.3) is 0 Å². The molecule has 4 aliphatic heterocycles. The van der Waals surface area contributed by atoms with Crippen LogP contribution in [-0.4, -0.2) is 152 Å². The molecule has 0 aromatic rings. The third kappa shape index (κ3) is 8.47. The van der Waals surface area contributed by atoms with Crippen LogP contribution < -0.4 is 0 Å². The van der Waals surface area contributed by atoms with Gasteiger partial charge in [-0.05, 0) is 68.1 Å². The number of amides is 1. The zero-order valence-corrected chi connectivity index (χ0v) is 33.6. The van der Waals surface area contributed by atoms with E-state index in [1.54, 1.807) is 25.7 Å². The number of cyclic esters (lactones) is 1. The van der Waals surface area contributed by atoms with E-state index in [9.17, 15) is 24.3 Å². The molecule has 0 aromatic carbocycles. The molecule has 52 heavy (non-hydrogen) atoms. The van der Waals surface area contributed by atoms with E-state index in [0.29, 0.717) is 19.4 Å². The fourth-order valence-electron chi connectivity index (χ4n) is 9.43. The van der Waals surface area contributed by atoms with Gasteiger partial charge in [-0.1, -0.05) is 27.7 Å². The lowest BCUT2D eigenvalue weighted by Gasteiger charge is -2.48. The second-order valence-electron chi connectivity index (χ2n) is 16.7. The van der Waals surface area contributed by atoms with Crippen molar-refractivity contribution >= 4 is 23.8 Å². The second-order valence-corrected chi connectivity index (χ2v) is 16.7. The van der Waals surface area contributed by atoms with Crippen molar-refractivity contribution < 1.29 is 52.7 Å². The number of aliphatic hydroxyl groups is 1. The number of esters is 2. The number of ether oxygens (including phenoxy) is 6. The van der Waals surface area contributed by atoms with E-state index in [1.165, 1.54) is 14.0 Å². The maximum Gasteiger partial charge on any atom is 0.410 e. The van der Waals surface area contributed by atoms with Gasteiger partial charge in [0.05, 0.1) is 29.8 Å². The molecule has 4 rings (SSSR count). The largest absolute Gasteiger partial charge is 0.461 e. The molecule has 0 radical (unpaired) electrons. The van der Waals surface area contributed by atoms with Gasteiger partial charge < -0.3 is 43.3 Å². The van der Waals surface area contributed by atoms with E-state index >= 15 is 0 Å². The number of nitrogens with zero attached hydrogens (tertiary/aromatic N) is 3. The van der Waals surface area contributed by atoms with Gasteiger partial charge in [-0.2, -0.15) is 0 Å². The predicted octanol–water partition coefficient (Wildman–Crippen LogP) is 3.11. The molecule has 14 atom stereocenters. The second kappa shape index (κ2) is 16.6. The molecule has 298 valence electrons. The highest BCUT2D eigenvalue weighted by molar-refractivity contribution is 5.85. The normalized spacial score (nSPS) is 43.0. The van der Waals surface area contributed by atoms with Crippen molar-refractivity contribution in [2.45, 2.75) is 142 Å². The average Bonchev–Trinajstić information content (AvgIpc) is 3.32. The van der Waals surface area contributed by atoms with Crippen LogP contribution >= 0.6 is 0 Å². The number of aliphatic hydroxyl groups excluding tert-OH is 1. The SMILES string of the molecule is CC[C@H]1OC(=O)[C@H](C)[C@@H](OC(C)=O)[C@H](C)[C@@H](O[C@@H]2O[C@H](C)C[C@H](N(C)C)[C@H]2O)[C@](C)(OC)C[C@@H](C)C(=O)[C@H](C)[C@H]2N(CC3CN(C)C3)C(=O)O[C@]12C. The first-order chi connectivity index (χ1) is 24.2. The van der Waals surface area contributed by atoms with Gasteiger partial charge in [0.2, 0.25) is 0 Å². The number of ketones is 1. The zero-order valence-electron chi connectivity index (χ0n) is 33.6. The number of Topliss-reactive ketones (excluding diaryl/α,β-unsaturated/α-hetero) is 1.